The summed E-state index contributed by atoms with van der Waals surface area (Å²) in [6, 6.07) is 12.1. The maximum Gasteiger partial charge on any atom is 0.239 e. The lowest BCUT2D eigenvalue weighted by Crippen LogP contribution is -2.40. The van der Waals surface area contributed by atoms with E-state index >= 15 is 0 Å². The predicted octanol–water partition coefficient (Wildman–Crippen LogP) is 1.74. The minimum atomic E-state index is -0.127. The third kappa shape index (κ3) is 6.01. The molecular weight excluding hydrogens is 380 g/mol. The van der Waals surface area contributed by atoms with Gasteiger partial charge in [0.15, 0.2) is 11.5 Å². The zero-order valence-corrected chi connectivity index (χ0v) is 16.9. The maximum absolute atomic E-state index is 12.6. The van der Waals surface area contributed by atoms with Crippen LogP contribution in [0.1, 0.15) is 42.9 Å². The number of anilines is 1. The quantitative estimate of drug-likeness (QED) is 0.786. The third-order valence-corrected chi connectivity index (χ3v) is 5.15. The van der Waals surface area contributed by atoms with Gasteiger partial charge in [-0.25, -0.2) is 9.97 Å². The van der Waals surface area contributed by atoms with Gasteiger partial charge in [0.1, 0.15) is 6.07 Å². The van der Waals surface area contributed by atoms with Crippen LogP contribution in [-0.4, -0.2) is 48.0 Å². The molecule has 2 amide bonds. The summed E-state index contributed by atoms with van der Waals surface area (Å²) in [4.78, 5) is 34.9. The van der Waals surface area contributed by atoms with Gasteiger partial charge in [-0.1, -0.05) is 30.3 Å². The Kier molecular flexibility index (Phi) is 7.72. The summed E-state index contributed by atoms with van der Waals surface area (Å²) in [5.74, 6) is 0.482. The predicted molar refractivity (Wildman–Crippen MR) is 113 cm³/mol. The molecule has 30 heavy (non-hydrogen) atoms. The first-order chi connectivity index (χ1) is 14.7. The van der Waals surface area contributed by atoms with Crippen LogP contribution in [0.3, 0.4) is 0 Å². The number of benzene rings is 1. The smallest absolute Gasteiger partial charge is 0.239 e. The van der Waals surface area contributed by atoms with E-state index in [0.29, 0.717) is 38.3 Å². The molecule has 1 aliphatic heterocycles. The molecule has 0 aliphatic carbocycles. The molecule has 3 rings (SSSR count). The normalized spacial score (nSPS) is 19.2. The van der Waals surface area contributed by atoms with Crippen LogP contribution in [0.4, 0.5) is 5.82 Å². The van der Waals surface area contributed by atoms with E-state index in [1.807, 2.05) is 24.3 Å². The van der Waals surface area contributed by atoms with Crippen molar-refractivity contribution in [1.82, 2.24) is 20.6 Å². The van der Waals surface area contributed by atoms with Gasteiger partial charge >= 0.3 is 0 Å². The summed E-state index contributed by atoms with van der Waals surface area (Å²) in [5, 5.41) is 15.3. The first-order valence-electron chi connectivity index (χ1n) is 10.2. The molecule has 1 aliphatic rings. The molecule has 1 saturated heterocycles. The van der Waals surface area contributed by atoms with E-state index < -0.39 is 0 Å². The second-order valence-corrected chi connectivity index (χ2v) is 7.25. The number of carbonyl (C=O) groups excluding carboxylic acids is 2. The van der Waals surface area contributed by atoms with Crippen LogP contribution >= 0.6 is 0 Å². The highest BCUT2D eigenvalue weighted by Gasteiger charge is 2.19. The van der Waals surface area contributed by atoms with Crippen LogP contribution in [0.5, 0.6) is 0 Å². The Morgan fingerprint density at radius 1 is 1.00 bits per heavy atom. The van der Waals surface area contributed by atoms with Gasteiger partial charge in [0.25, 0.3) is 0 Å². The molecule has 1 aromatic heterocycles. The number of nitrogens with one attached hydrogen (secondary N) is 2. The largest absolute Gasteiger partial charge is 0.356 e. The van der Waals surface area contributed by atoms with E-state index in [0.717, 1.165) is 12.8 Å². The molecule has 2 N–H and O–H groups in total. The molecule has 1 aromatic carbocycles. The number of hydrogen-bond acceptors (Lipinski definition) is 6. The molecule has 0 saturated carbocycles. The summed E-state index contributed by atoms with van der Waals surface area (Å²) >= 11 is 0. The summed E-state index contributed by atoms with van der Waals surface area (Å²) in [7, 11) is 0. The highest BCUT2D eigenvalue weighted by molar-refractivity contribution is 5.81. The van der Waals surface area contributed by atoms with E-state index in [-0.39, 0.29) is 30.0 Å². The molecule has 8 heteroatoms. The standard InChI is InChI=1S/C22H26N6O2/c23-15-19-22(27-13-12-24-19)28-14-4-10-25-20(29)8-7-18(9-11-26-21(30)16-28)17-5-2-1-3-6-17/h1-3,5-6,12-13,18H,4,7-11,14,16H2,(H,25,29)(H,26,30). The number of aromatic nitrogens is 2. The molecule has 8 nitrogen and oxygen atoms in total. The Hall–Kier alpha value is -3.47. The SMILES string of the molecule is N#Cc1nccnc1N1CCCNC(=O)CCC(c2ccccc2)CCNC(=O)C1. The van der Waals surface area contributed by atoms with Crippen LogP contribution in [0.2, 0.25) is 0 Å². The molecular formula is C22H26N6O2. The van der Waals surface area contributed by atoms with E-state index in [1.165, 1.54) is 18.0 Å². The van der Waals surface area contributed by atoms with Crippen molar-refractivity contribution in [2.45, 2.75) is 31.6 Å². The molecule has 2 aromatic rings. The van der Waals surface area contributed by atoms with E-state index in [4.69, 9.17) is 0 Å². The van der Waals surface area contributed by atoms with Crippen molar-refractivity contribution in [2.75, 3.05) is 31.1 Å². The second kappa shape index (κ2) is 10.9. The molecule has 0 bridgehead atoms. The van der Waals surface area contributed by atoms with Crippen LogP contribution < -0.4 is 15.5 Å². The van der Waals surface area contributed by atoms with E-state index in [2.05, 4.69) is 32.7 Å². The van der Waals surface area contributed by atoms with Crippen LogP contribution in [0.25, 0.3) is 0 Å². The Morgan fingerprint density at radius 3 is 2.57 bits per heavy atom. The highest BCUT2D eigenvalue weighted by Crippen LogP contribution is 2.24. The molecule has 1 atom stereocenters. The fraction of sp³-hybridized carbons (Fsp3) is 0.409. The summed E-state index contributed by atoms with van der Waals surface area (Å²) in [6.07, 6.45) is 5.52. The summed E-state index contributed by atoms with van der Waals surface area (Å²) < 4.78 is 0. The van der Waals surface area contributed by atoms with Crippen molar-refractivity contribution in [1.29, 1.82) is 5.26 Å². The van der Waals surface area contributed by atoms with Gasteiger partial charge < -0.3 is 15.5 Å². The minimum absolute atomic E-state index is 0.0285. The van der Waals surface area contributed by atoms with E-state index in [1.54, 1.807) is 4.90 Å². The van der Waals surface area contributed by atoms with Crippen LogP contribution in [0.15, 0.2) is 42.7 Å². The molecule has 2 heterocycles. The van der Waals surface area contributed by atoms with Gasteiger partial charge in [-0.2, -0.15) is 5.26 Å². The van der Waals surface area contributed by atoms with Gasteiger partial charge in [0, 0.05) is 38.4 Å². The van der Waals surface area contributed by atoms with Gasteiger partial charge in [0.2, 0.25) is 11.8 Å². The average Bonchev–Trinajstić information content (AvgIpc) is 2.78. The van der Waals surface area contributed by atoms with Crippen molar-refractivity contribution in [3.05, 3.63) is 54.0 Å². The number of nitrogens with zero attached hydrogens (tertiary/aromatic N) is 4. The lowest BCUT2D eigenvalue weighted by atomic mass is 9.91. The zero-order valence-electron chi connectivity index (χ0n) is 16.9. The topological polar surface area (TPSA) is 111 Å². The van der Waals surface area contributed by atoms with E-state index in [9.17, 15) is 14.9 Å². The van der Waals surface area contributed by atoms with Crippen molar-refractivity contribution in [3.63, 3.8) is 0 Å². The van der Waals surface area contributed by atoms with Crippen LogP contribution in [-0.2, 0) is 9.59 Å². The monoisotopic (exact) mass is 406 g/mol. The maximum atomic E-state index is 12.6. The lowest BCUT2D eigenvalue weighted by Gasteiger charge is -2.24. The Balaban J connectivity index is 1.73. The molecule has 1 unspecified atom stereocenters. The molecule has 1 fully saturated rings. The van der Waals surface area contributed by atoms with Crippen molar-refractivity contribution >= 4 is 17.6 Å². The zero-order chi connectivity index (χ0) is 21.2. The highest BCUT2D eigenvalue weighted by atomic mass is 16.2. The summed E-state index contributed by atoms with van der Waals surface area (Å²) in [6.45, 7) is 1.57. The Bertz CT molecular complexity index is 896. The number of carbonyl (C=O) groups is 2. The van der Waals surface area contributed by atoms with Gasteiger partial charge in [-0.3, -0.25) is 9.59 Å². The Labute approximate surface area is 176 Å². The average molecular weight is 406 g/mol. The number of hydrogen-bond donors (Lipinski definition) is 2. The third-order valence-electron chi connectivity index (χ3n) is 5.15. The fourth-order valence-corrected chi connectivity index (χ4v) is 3.61. The van der Waals surface area contributed by atoms with Crippen molar-refractivity contribution in [2.24, 2.45) is 0 Å². The fourth-order valence-electron chi connectivity index (χ4n) is 3.61. The molecule has 0 radical (unpaired) electrons. The first-order valence-corrected chi connectivity index (χ1v) is 10.2. The van der Waals surface area contributed by atoms with Gasteiger partial charge in [-0.05, 0) is 30.7 Å². The first kappa shape index (κ1) is 21.2. The second-order valence-electron chi connectivity index (χ2n) is 7.25. The minimum Gasteiger partial charge on any atom is -0.356 e. The van der Waals surface area contributed by atoms with Crippen molar-refractivity contribution < 1.29 is 9.59 Å². The number of rotatable bonds is 2. The summed E-state index contributed by atoms with van der Waals surface area (Å²) in [5.41, 5.74) is 1.35. The lowest BCUT2D eigenvalue weighted by molar-refractivity contribution is -0.122. The van der Waals surface area contributed by atoms with Gasteiger partial charge in [0.05, 0.1) is 6.54 Å². The Morgan fingerprint density at radius 2 is 1.77 bits per heavy atom. The number of nitriles is 1. The van der Waals surface area contributed by atoms with Gasteiger partial charge in [-0.15, -0.1) is 0 Å². The van der Waals surface area contributed by atoms with Crippen molar-refractivity contribution in [3.8, 4) is 6.07 Å². The molecule has 0 spiro atoms. The van der Waals surface area contributed by atoms with Crippen LogP contribution in [0, 0.1) is 11.3 Å². The molecule has 156 valence electrons. The number of amides is 2.